The monoisotopic (exact) mass is 332 g/mol. The van der Waals surface area contributed by atoms with Crippen LogP contribution in [-0.2, 0) is 19.3 Å². The van der Waals surface area contributed by atoms with E-state index < -0.39 is 0 Å². The lowest BCUT2D eigenvalue weighted by Crippen LogP contribution is -1.97. The summed E-state index contributed by atoms with van der Waals surface area (Å²) < 4.78 is 13.2. The smallest absolute Gasteiger partial charge is 0.141 e. The third-order valence-electron chi connectivity index (χ3n) is 4.25. The van der Waals surface area contributed by atoms with E-state index in [0.29, 0.717) is 0 Å². The molecule has 0 bridgehead atoms. The molecule has 0 atom stereocenters. The van der Waals surface area contributed by atoms with Crippen LogP contribution in [0.2, 0.25) is 0 Å². The van der Waals surface area contributed by atoms with E-state index in [4.69, 9.17) is 0 Å². The summed E-state index contributed by atoms with van der Waals surface area (Å²) in [5.74, 6) is -0.297. The third kappa shape index (κ3) is 3.55. The van der Waals surface area contributed by atoms with Crippen LogP contribution in [0.1, 0.15) is 22.4 Å². The van der Waals surface area contributed by atoms with E-state index in [-0.39, 0.29) is 5.82 Å². The molecule has 124 valence electrons. The normalized spacial score (nSPS) is 11.1. The van der Waals surface area contributed by atoms with Gasteiger partial charge in [-0.2, -0.15) is 0 Å². The number of nitrogens with zero attached hydrogens (tertiary/aromatic N) is 3. The molecule has 5 heteroatoms. The second kappa shape index (κ2) is 6.81. The van der Waals surface area contributed by atoms with Crippen molar-refractivity contribution in [2.75, 3.05) is 0 Å². The zero-order valence-electron chi connectivity index (χ0n) is 13.6. The highest BCUT2D eigenvalue weighted by Gasteiger charge is 2.06. The lowest BCUT2D eigenvalue weighted by atomic mass is 10.1. The fourth-order valence-corrected chi connectivity index (χ4v) is 2.95. The van der Waals surface area contributed by atoms with Crippen molar-refractivity contribution in [1.29, 1.82) is 0 Å². The molecular formula is C20H17FN4. The number of aromatic amines is 1. The molecule has 4 heterocycles. The van der Waals surface area contributed by atoms with Gasteiger partial charge in [0, 0.05) is 42.3 Å². The SMILES string of the molecule is Fc1cncc(CCc2ccc(Cc3c[nH]c4ncccc34)cn2)c1. The second-order valence-electron chi connectivity index (χ2n) is 6.06. The number of aryl methyl sites for hydroxylation is 2. The first kappa shape index (κ1) is 15.4. The van der Waals surface area contributed by atoms with Gasteiger partial charge in [-0.05, 0) is 53.8 Å². The summed E-state index contributed by atoms with van der Waals surface area (Å²) >= 11 is 0. The quantitative estimate of drug-likeness (QED) is 0.603. The molecule has 0 aromatic carbocycles. The van der Waals surface area contributed by atoms with Gasteiger partial charge in [-0.3, -0.25) is 9.97 Å². The predicted octanol–water partition coefficient (Wildman–Crippen LogP) is 3.87. The standard InChI is InChI=1S/C20H17FN4/c21-17-9-15(10-22-13-17)4-6-18-5-3-14(11-24-18)8-16-12-25-20-19(16)2-1-7-23-20/h1-3,5,7,9-13H,4,6,8H2,(H,23,25). The number of nitrogens with one attached hydrogen (secondary N) is 1. The number of rotatable bonds is 5. The van der Waals surface area contributed by atoms with Crippen LogP contribution in [0.25, 0.3) is 11.0 Å². The van der Waals surface area contributed by atoms with Crippen molar-refractivity contribution in [3.05, 3.63) is 89.5 Å². The largest absolute Gasteiger partial charge is 0.346 e. The van der Waals surface area contributed by atoms with Crippen LogP contribution < -0.4 is 0 Å². The average Bonchev–Trinajstić information content (AvgIpc) is 3.04. The summed E-state index contributed by atoms with van der Waals surface area (Å²) in [6.07, 6.45) is 10.9. The van der Waals surface area contributed by atoms with Crippen molar-refractivity contribution in [2.45, 2.75) is 19.3 Å². The molecule has 0 amide bonds. The molecule has 0 aliphatic rings. The van der Waals surface area contributed by atoms with Crippen molar-refractivity contribution < 1.29 is 4.39 Å². The van der Waals surface area contributed by atoms with Gasteiger partial charge < -0.3 is 4.98 Å². The Balaban J connectivity index is 1.43. The maximum absolute atomic E-state index is 13.2. The van der Waals surface area contributed by atoms with Gasteiger partial charge in [0.05, 0.1) is 6.20 Å². The Morgan fingerprint density at radius 2 is 1.92 bits per heavy atom. The Labute approximate surface area is 144 Å². The zero-order valence-corrected chi connectivity index (χ0v) is 13.6. The summed E-state index contributed by atoms with van der Waals surface area (Å²) in [7, 11) is 0. The summed E-state index contributed by atoms with van der Waals surface area (Å²) in [5.41, 5.74) is 5.15. The van der Waals surface area contributed by atoms with E-state index in [1.54, 1.807) is 12.4 Å². The second-order valence-corrected chi connectivity index (χ2v) is 6.06. The highest BCUT2D eigenvalue weighted by molar-refractivity contribution is 5.79. The molecule has 4 aromatic rings. The first-order chi connectivity index (χ1) is 12.3. The van der Waals surface area contributed by atoms with Gasteiger partial charge in [0.1, 0.15) is 11.5 Å². The molecule has 0 fully saturated rings. The Kier molecular flexibility index (Phi) is 4.21. The molecule has 4 aromatic heterocycles. The summed E-state index contributed by atoms with van der Waals surface area (Å²) in [4.78, 5) is 15.9. The molecule has 0 aliphatic carbocycles. The first-order valence-electron chi connectivity index (χ1n) is 8.22. The van der Waals surface area contributed by atoms with E-state index in [1.165, 1.54) is 17.8 Å². The van der Waals surface area contributed by atoms with Crippen LogP contribution >= 0.6 is 0 Å². The Bertz CT molecular complexity index is 992. The van der Waals surface area contributed by atoms with Gasteiger partial charge in [0.25, 0.3) is 0 Å². The molecule has 25 heavy (non-hydrogen) atoms. The van der Waals surface area contributed by atoms with Gasteiger partial charge in [-0.15, -0.1) is 0 Å². The maximum atomic E-state index is 13.2. The highest BCUT2D eigenvalue weighted by Crippen LogP contribution is 2.19. The fraction of sp³-hybridized carbons (Fsp3) is 0.150. The van der Waals surface area contributed by atoms with Gasteiger partial charge in [-0.25, -0.2) is 9.37 Å². The molecule has 0 saturated heterocycles. The minimum atomic E-state index is -0.297. The van der Waals surface area contributed by atoms with Crippen LogP contribution in [0.4, 0.5) is 4.39 Å². The molecule has 4 rings (SSSR count). The molecule has 4 nitrogen and oxygen atoms in total. The van der Waals surface area contributed by atoms with Crippen molar-refractivity contribution in [1.82, 2.24) is 19.9 Å². The van der Waals surface area contributed by atoms with Gasteiger partial charge in [0.15, 0.2) is 0 Å². The van der Waals surface area contributed by atoms with E-state index in [9.17, 15) is 4.39 Å². The fourth-order valence-electron chi connectivity index (χ4n) is 2.95. The van der Waals surface area contributed by atoms with Crippen LogP contribution in [0.5, 0.6) is 0 Å². The minimum Gasteiger partial charge on any atom is -0.346 e. The average molecular weight is 332 g/mol. The number of aromatic nitrogens is 4. The van der Waals surface area contributed by atoms with E-state index >= 15 is 0 Å². The number of pyridine rings is 3. The van der Waals surface area contributed by atoms with Gasteiger partial charge >= 0.3 is 0 Å². The van der Waals surface area contributed by atoms with E-state index in [2.05, 4.69) is 32.1 Å². The lowest BCUT2D eigenvalue weighted by Gasteiger charge is -2.04. The summed E-state index contributed by atoms with van der Waals surface area (Å²) in [6, 6.07) is 9.67. The molecule has 0 unspecified atom stereocenters. The minimum absolute atomic E-state index is 0.297. The first-order valence-corrected chi connectivity index (χ1v) is 8.22. The Morgan fingerprint density at radius 1 is 0.960 bits per heavy atom. The lowest BCUT2D eigenvalue weighted by molar-refractivity contribution is 0.618. The van der Waals surface area contributed by atoms with Crippen LogP contribution in [0.3, 0.4) is 0 Å². The van der Waals surface area contributed by atoms with Gasteiger partial charge in [0.2, 0.25) is 0 Å². The zero-order chi connectivity index (χ0) is 17.1. The van der Waals surface area contributed by atoms with Crippen molar-refractivity contribution in [3.63, 3.8) is 0 Å². The van der Waals surface area contributed by atoms with Gasteiger partial charge in [-0.1, -0.05) is 6.07 Å². The Hall–Kier alpha value is -3.08. The third-order valence-corrected chi connectivity index (χ3v) is 4.25. The maximum Gasteiger partial charge on any atom is 0.141 e. The molecule has 0 radical (unpaired) electrons. The molecule has 1 N–H and O–H groups in total. The summed E-state index contributed by atoms with van der Waals surface area (Å²) in [6.45, 7) is 0. The number of H-pyrrole nitrogens is 1. The number of hydrogen-bond donors (Lipinski definition) is 1. The summed E-state index contributed by atoms with van der Waals surface area (Å²) in [5, 5.41) is 1.14. The number of halogens is 1. The molecular weight excluding hydrogens is 315 g/mol. The van der Waals surface area contributed by atoms with Crippen LogP contribution in [0, 0.1) is 5.82 Å². The highest BCUT2D eigenvalue weighted by atomic mass is 19.1. The van der Waals surface area contributed by atoms with Crippen LogP contribution in [0.15, 0.2) is 61.3 Å². The van der Waals surface area contributed by atoms with Crippen molar-refractivity contribution >= 4 is 11.0 Å². The van der Waals surface area contributed by atoms with Crippen LogP contribution in [-0.4, -0.2) is 19.9 Å². The van der Waals surface area contributed by atoms with E-state index in [0.717, 1.165) is 47.1 Å². The predicted molar refractivity (Wildman–Crippen MR) is 94.7 cm³/mol. The molecule has 0 spiro atoms. The topological polar surface area (TPSA) is 54.5 Å². The molecule has 0 aliphatic heterocycles. The molecule has 0 saturated carbocycles. The van der Waals surface area contributed by atoms with Crippen molar-refractivity contribution in [2.24, 2.45) is 0 Å². The van der Waals surface area contributed by atoms with E-state index in [1.807, 2.05) is 24.5 Å². The Morgan fingerprint density at radius 3 is 2.76 bits per heavy atom. The van der Waals surface area contributed by atoms with Crippen molar-refractivity contribution in [3.8, 4) is 0 Å². The number of hydrogen-bond acceptors (Lipinski definition) is 3. The number of fused-ring (bicyclic) bond motifs is 1.